The van der Waals surface area contributed by atoms with Gasteiger partial charge in [-0.05, 0) is 24.0 Å². The van der Waals surface area contributed by atoms with E-state index in [2.05, 4.69) is 0 Å². The molecular formula is C20H22ClNO4. The number of carbonyl (C=O) groups is 2. The van der Waals surface area contributed by atoms with Crippen molar-refractivity contribution in [3.8, 4) is 0 Å². The summed E-state index contributed by atoms with van der Waals surface area (Å²) in [5.41, 5.74) is 7.35. The van der Waals surface area contributed by atoms with Gasteiger partial charge in [0.05, 0.1) is 12.5 Å². The molecule has 2 N–H and O–H groups in total. The first kappa shape index (κ1) is 18.5. The van der Waals surface area contributed by atoms with Gasteiger partial charge in [-0.3, -0.25) is 4.79 Å². The summed E-state index contributed by atoms with van der Waals surface area (Å²) >= 11 is 6.39. The van der Waals surface area contributed by atoms with Crippen molar-refractivity contribution in [3.63, 3.8) is 0 Å². The van der Waals surface area contributed by atoms with E-state index in [0.717, 1.165) is 0 Å². The normalized spacial score (nSPS) is 20.2. The van der Waals surface area contributed by atoms with Crippen LogP contribution in [0.15, 0.2) is 47.1 Å². The van der Waals surface area contributed by atoms with Gasteiger partial charge in [0.2, 0.25) is 5.88 Å². The molecule has 0 saturated carbocycles. The molecule has 6 heteroatoms. The molecule has 0 radical (unpaired) electrons. The molecule has 1 aromatic rings. The molecule has 1 heterocycles. The summed E-state index contributed by atoms with van der Waals surface area (Å²) in [6.07, 6.45) is 1.72. The SMILES string of the molecule is CC(C)COC(=O)C1=C(N)OC2=C(C(=O)CCC2)C1c1ccccc1Cl. The summed E-state index contributed by atoms with van der Waals surface area (Å²) in [6, 6.07) is 7.14. The van der Waals surface area contributed by atoms with Gasteiger partial charge in [-0.25, -0.2) is 4.79 Å². The van der Waals surface area contributed by atoms with Gasteiger partial charge in [0.1, 0.15) is 11.3 Å². The maximum absolute atomic E-state index is 12.8. The van der Waals surface area contributed by atoms with Crippen LogP contribution in [0, 0.1) is 5.92 Å². The van der Waals surface area contributed by atoms with E-state index in [4.69, 9.17) is 26.8 Å². The van der Waals surface area contributed by atoms with E-state index in [1.807, 2.05) is 19.9 Å². The Hall–Kier alpha value is -2.27. The van der Waals surface area contributed by atoms with Crippen molar-refractivity contribution in [2.45, 2.75) is 39.0 Å². The van der Waals surface area contributed by atoms with E-state index in [0.29, 0.717) is 41.2 Å². The molecule has 0 fully saturated rings. The zero-order valence-corrected chi connectivity index (χ0v) is 15.6. The van der Waals surface area contributed by atoms with Crippen LogP contribution in [-0.2, 0) is 19.1 Å². The Morgan fingerprint density at radius 3 is 2.77 bits per heavy atom. The van der Waals surface area contributed by atoms with Crippen LogP contribution in [0.5, 0.6) is 0 Å². The maximum atomic E-state index is 12.8. The monoisotopic (exact) mass is 375 g/mol. The van der Waals surface area contributed by atoms with E-state index in [-0.39, 0.29) is 29.8 Å². The molecule has 2 aliphatic rings. The van der Waals surface area contributed by atoms with Gasteiger partial charge in [0, 0.05) is 23.4 Å². The summed E-state index contributed by atoms with van der Waals surface area (Å²) in [5, 5.41) is 0.464. The van der Waals surface area contributed by atoms with Gasteiger partial charge in [-0.2, -0.15) is 0 Å². The maximum Gasteiger partial charge on any atom is 0.340 e. The van der Waals surface area contributed by atoms with Crippen molar-refractivity contribution in [1.82, 2.24) is 0 Å². The quantitative estimate of drug-likeness (QED) is 0.809. The fourth-order valence-corrected chi connectivity index (χ4v) is 3.54. The van der Waals surface area contributed by atoms with Crippen molar-refractivity contribution in [1.29, 1.82) is 0 Å². The predicted octanol–water partition coefficient (Wildman–Crippen LogP) is 3.83. The highest BCUT2D eigenvalue weighted by molar-refractivity contribution is 6.31. The molecule has 3 rings (SSSR count). The number of ether oxygens (including phenoxy) is 2. The Morgan fingerprint density at radius 1 is 1.35 bits per heavy atom. The van der Waals surface area contributed by atoms with Gasteiger partial charge in [-0.1, -0.05) is 43.6 Å². The molecule has 5 nitrogen and oxygen atoms in total. The predicted molar refractivity (Wildman–Crippen MR) is 98.2 cm³/mol. The van der Waals surface area contributed by atoms with Gasteiger partial charge in [0.15, 0.2) is 5.78 Å². The third-order valence-corrected chi connectivity index (χ3v) is 4.81. The number of halogens is 1. The average Bonchev–Trinajstić information content (AvgIpc) is 2.59. The van der Waals surface area contributed by atoms with E-state index >= 15 is 0 Å². The van der Waals surface area contributed by atoms with Crippen LogP contribution < -0.4 is 5.73 Å². The minimum absolute atomic E-state index is 0.0166. The molecule has 1 unspecified atom stereocenters. The number of Topliss-reactive ketones (excluding diaryl/α,β-unsaturated/α-hetero) is 1. The topological polar surface area (TPSA) is 78.6 Å². The van der Waals surface area contributed by atoms with Gasteiger partial charge in [-0.15, -0.1) is 0 Å². The number of esters is 1. The zero-order chi connectivity index (χ0) is 18.8. The second-order valence-corrected chi connectivity index (χ2v) is 7.35. The molecule has 1 atom stereocenters. The number of rotatable bonds is 4. The first-order chi connectivity index (χ1) is 12.4. The first-order valence-corrected chi connectivity index (χ1v) is 9.13. The molecule has 1 aliphatic heterocycles. The number of ketones is 1. The van der Waals surface area contributed by atoms with Crippen LogP contribution in [-0.4, -0.2) is 18.4 Å². The highest BCUT2D eigenvalue weighted by atomic mass is 35.5. The van der Waals surface area contributed by atoms with Gasteiger partial charge >= 0.3 is 5.97 Å². The molecule has 0 aromatic heterocycles. The molecule has 26 heavy (non-hydrogen) atoms. The molecule has 0 saturated heterocycles. The lowest BCUT2D eigenvalue weighted by Gasteiger charge is -2.32. The molecule has 1 aromatic carbocycles. The Morgan fingerprint density at radius 2 is 2.08 bits per heavy atom. The Balaban J connectivity index is 2.10. The number of benzene rings is 1. The fraction of sp³-hybridized carbons (Fsp3) is 0.400. The summed E-state index contributed by atoms with van der Waals surface area (Å²) < 4.78 is 11.1. The lowest BCUT2D eigenvalue weighted by molar-refractivity contribution is -0.140. The summed E-state index contributed by atoms with van der Waals surface area (Å²) in [6.45, 7) is 4.14. The molecular weight excluding hydrogens is 354 g/mol. The van der Waals surface area contributed by atoms with E-state index in [1.54, 1.807) is 18.2 Å². The second kappa shape index (κ2) is 7.54. The van der Waals surface area contributed by atoms with Crippen molar-refractivity contribution < 1.29 is 19.1 Å². The van der Waals surface area contributed by atoms with Crippen LogP contribution in [0.25, 0.3) is 0 Å². The zero-order valence-electron chi connectivity index (χ0n) is 14.9. The Labute approximate surface area is 157 Å². The second-order valence-electron chi connectivity index (χ2n) is 6.94. The first-order valence-electron chi connectivity index (χ1n) is 8.75. The number of allylic oxidation sites excluding steroid dienone is 2. The lowest BCUT2D eigenvalue weighted by Crippen LogP contribution is -2.32. The molecule has 138 valence electrons. The van der Waals surface area contributed by atoms with Crippen molar-refractivity contribution in [3.05, 3.63) is 57.6 Å². The van der Waals surface area contributed by atoms with Crippen LogP contribution >= 0.6 is 11.6 Å². The number of carbonyl (C=O) groups excluding carboxylic acids is 2. The summed E-state index contributed by atoms with van der Waals surface area (Å²) in [5.74, 6) is -0.597. The highest BCUT2D eigenvalue weighted by Crippen LogP contribution is 2.45. The van der Waals surface area contributed by atoms with Crippen LogP contribution in [0.1, 0.15) is 44.6 Å². The van der Waals surface area contributed by atoms with Crippen molar-refractivity contribution in [2.75, 3.05) is 6.61 Å². The van der Waals surface area contributed by atoms with Crippen molar-refractivity contribution >= 4 is 23.4 Å². The average molecular weight is 376 g/mol. The molecule has 0 spiro atoms. The third-order valence-electron chi connectivity index (χ3n) is 4.47. The number of hydrogen-bond acceptors (Lipinski definition) is 5. The van der Waals surface area contributed by atoms with E-state index in [9.17, 15) is 9.59 Å². The smallest absolute Gasteiger partial charge is 0.340 e. The largest absolute Gasteiger partial charge is 0.462 e. The standard InChI is InChI=1S/C20H22ClNO4/c1-11(2)10-25-20(24)18-16(12-6-3-4-7-13(12)21)17-14(23)8-5-9-15(17)26-19(18)22/h3-4,6-7,11,16H,5,8-10,22H2,1-2H3. The van der Waals surface area contributed by atoms with Crippen LogP contribution in [0.4, 0.5) is 0 Å². The minimum atomic E-state index is -0.667. The third kappa shape index (κ3) is 3.49. The Kier molecular flexibility index (Phi) is 5.37. The van der Waals surface area contributed by atoms with Crippen molar-refractivity contribution in [2.24, 2.45) is 11.7 Å². The fourth-order valence-electron chi connectivity index (χ4n) is 3.30. The lowest BCUT2D eigenvalue weighted by atomic mass is 9.77. The molecule has 0 bridgehead atoms. The Bertz CT molecular complexity index is 810. The number of hydrogen-bond donors (Lipinski definition) is 1. The van der Waals surface area contributed by atoms with Gasteiger partial charge in [0.25, 0.3) is 0 Å². The summed E-state index contributed by atoms with van der Waals surface area (Å²) in [7, 11) is 0. The molecule has 1 aliphatic carbocycles. The minimum Gasteiger partial charge on any atom is -0.462 e. The summed E-state index contributed by atoms with van der Waals surface area (Å²) in [4.78, 5) is 25.4. The van der Waals surface area contributed by atoms with Crippen LogP contribution in [0.2, 0.25) is 5.02 Å². The van der Waals surface area contributed by atoms with Gasteiger partial charge < -0.3 is 15.2 Å². The highest BCUT2D eigenvalue weighted by Gasteiger charge is 2.41. The van der Waals surface area contributed by atoms with E-state index in [1.165, 1.54) is 0 Å². The van der Waals surface area contributed by atoms with E-state index < -0.39 is 11.9 Å². The van der Waals surface area contributed by atoms with Crippen LogP contribution in [0.3, 0.4) is 0 Å². The molecule has 0 amide bonds. The number of nitrogens with two attached hydrogens (primary N) is 1.